The van der Waals surface area contributed by atoms with Crippen LogP contribution in [0.25, 0.3) is 0 Å². The van der Waals surface area contributed by atoms with Crippen molar-refractivity contribution in [1.82, 2.24) is 0 Å². The fourth-order valence-electron chi connectivity index (χ4n) is 0.808. The Morgan fingerprint density at radius 3 is 2.67 bits per heavy atom. The molecule has 0 amide bonds. The molecule has 0 aliphatic carbocycles. The van der Waals surface area contributed by atoms with Crippen LogP contribution in [0.5, 0.6) is 0 Å². The molecule has 0 bridgehead atoms. The third-order valence-corrected chi connectivity index (χ3v) is 4.04. The number of hydrogen-bond acceptors (Lipinski definition) is 4. The van der Waals surface area contributed by atoms with E-state index >= 15 is 0 Å². The topological polar surface area (TPSA) is 72.4 Å². The fraction of sp³-hybridized carbons (Fsp3) is 0.444. The van der Waals surface area contributed by atoms with Crippen LogP contribution in [0.15, 0.2) is 11.4 Å². The average Bonchev–Trinajstić information content (AvgIpc) is 2.50. The van der Waals surface area contributed by atoms with Gasteiger partial charge in [0.1, 0.15) is 15.3 Å². The van der Waals surface area contributed by atoms with Crippen molar-refractivity contribution in [3.63, 3.8) is 0 Å². The smallest absolute Gasteiger partial charge is 0.348 e. The van der Waals surface area contributed by atoms with Crippen LogP contribution in [-0.4, -0.2) is 20.4 Å². The van der Waals surface area contributed by atoms with Crippen LogP contribution in [0.1, 0.15) is 30.4 Å². The molecular weight excluding hydrogens is 234 g/mol. The van der Waals surface area contributed by atoms with Gasteiger partial charge < -0.3 is 9.66 Å². The first kappa shape index (κ1) is 12.4. The first-order chi connectivity index (χ1) is 6.82. The number of carboxylic acid groups (broad SMARTS) is 1. The van der Waals surface area contributed by atoms with E-state index in [2.05, 4.69) is 4.72 Å². The Morgan fingerprint density at radius 2 is 2.20 bits per heavy atom. The normalized spacial score (nSPS) is 13.6. The van der Waals surface area contributed by atoms with Crippen molar-refractivity contribution >= 4 is 34.4 Å². The predicted molar refractivity (Wildman–Crippen MR) is 62.8 cm³/mol. The van der Waals surface area contributed by atoms with Gasteiger partial charge in [0.2, 0.25) is 0 Å². The molecule has 4 nitrogen and oxygen atoms in total. The quantitative estimate of drug-likeness (QED) is 0.804. The zero-order chi connectivity index (χ0) is 11.6. The zero-order valence-corrected chi connectivity index (χ0v) is 10.4. The van der Waals surface area contributed by atoms with Crippen molar-refractivity contribution in [3.05, 3.63) is 16.3 Å². The molecule has 2 N–H and O–H groups in total. The van der Waals surface area contributed by atoms with Gasteiger partial charge in [-0.2, -0.15) is 0 Å². The summed E-state index contributed by atoms with van der Waals surface area (Å²) in [5.74, 6) is -1.00. The Bertz CT molecular complexity index is 356. The molecule has 0 saturated carbocycles. The van der Waals surface area contributed by atoms with Crippen LogP contribution in [0.2, 0.25) is 0 Å². The molecule has 6 heteroatoms. The second-order valence-corrected chi connectivity index (χ2v) is 6.83. The predicted octanol–water partition coefficient (Wildman–Crippen LogP) is 2.32. The molecule has 0 aliphatic rings. The number of carboxylic acids is 1. The Hall–Kier alpha value is -0.720. The SMILES string of the molecule is CC(C)(C)[S+]([O-])Nc1ccsc1C(=O)O. The molecule has 1 aromatic heterocycles. The van der Waals surface area contributed by atoms with Crippen molar-refractivity contribution in [2.75, 3.05) is 4.72 Å². The molecule has 1 unspecified atom stereocenters. The van der Waals surface area contributed by atoms with Gasteiger partial charge in [0.15, 0.2) is 0 Å². The fourth-order valence-corrected chi connectivity index (χ4v) is 2.24. The minimum absolute atomic E-state index is 0.188. The molecule has 1 rings (SSSR count). The summed E-state index contributed by atoms with van der Waals surface area (Å²) in [6, 6.07) is 1.62. The lowest BCUT2D eigenvalue weighted by Gasteiger charge is -2.23. The number of anilines is 1. The highest BCUT2D eigenvalue weighted by molar-refractivity contribution is 7.94. The third-order valence-electron chi connectivity index (χ3n) is 1.62. The van der Waals surface area contributed by atoms with Gasteiger partial charge in [-0.15, -0.1) is 11.3 Å². The summed E-state index contributed by atoms with van der Waals surface area (Å²) in [4.78, 5) is 11.0. The molecule has 0 radical (unpaired) electrons. The van der Waals surface area contributed by atoms with Crippen molar-refractivity contribution in [3.8, 4) is 0 Å². The molecule has 1 aromatic rings. The largest absolute Gasteiger partial charge is 0.593 e. The molecule has 0 aromatic carbocycles. The number of carbonyl (C=O) groups is 1. The summed E-state index contributed by atoms with van der Waals surface area (Å²) in [6.45, 7) is 5.47. The third kappa shape index (κ3) is 3.12. The first-order valence-electron chi connectivity index (χ1n) is 4.31. The summed E-state index contributed by atoms with van der Waals surface area (Å²) in [7, 11) is 0. The van der Waals surface area contributed by atoms with E-state index in [9.17, 15) is 9.35 Å². The van der Waals surface area contributed by atoms with Gasteiger partial charge in [-0.05, 0) is 32.2 Å². The summed E-state index contributed by atoms with van der Waals surface area (Å²) >= 11 is -0.186. The van der Waals surface area contributed by atoms with Crippen LogP contribution in [-0.2, 0) is 11.4 Å². The first-order valence-corrected chi connectivity index (χ1v) is 6.34. The summed E-state index contributed by atoms with van der Waals surface area (Å²) < 4.78 is 14.0. The highest BCUT2D eigenvalue weighted by Crippen LogP contribution is 2.26. The van der Waals surface area contributed by atoms with E-state index in [0.29, 0.717) is 5.69 Å². The molecule has 0 saturated heterocycles. The van der Waals surface area contributed by atoms with Gasteiger partial charge in [0.05, 0.1) is 11.4 Å². The number of nitrogens with one attached hydrogen (secondary N) is 1. The number of rotatable bonds is 3. The van der Waals surface area contributed by atoms with E-state index in [1.165, 1.54) is 0 Å². The maximum absolute atomic E-state index is 11.7. The summed E-state index contributed by atoms with van der Waals surface area (Å²) in [5.41, 5.74) is 0.417. The van der Waals surface area contributed by atoms with Gasteiger partial charge in [-0.25, -0.2) is 9.52 Å². The summed E-state index contributed by atoms with van der Waals surface area (Å²) in [5, 5.41) is 10.5. The Labute approximate surface area is 95.6 Å². The van der Waals surface area contributed by atoms with Crippen molar-refractivity contribution in [2.45, 2.75) is 25.5 Å². The second kappa shape index (κ2) is 4.42. The highest BCUT2D eigenvalue weighted by Gasteiger charge is 2.28. The zero-order valence-electron chi connectivity index (χ0n) is 8.73. The molecule has 0 spiro atoms. The second-order valence-electron chi connectivity index (χ2n) is 3.95. The van der Waals surface area contributed by atoms with E-state index in [0.717, 1.165) is 11.3 Å². The van der Waals surface area contributed by atoms with Crippen molar-refractivity contribution in [2.24, 2.45) is 0 Å². The summed E-state index contributed by atoms with van der Waals surface area (Å²) in [6.07, 6.45) is 0. The molecule has 0 aliphatic heterocycles. The highest BCUT2D eigenvalue weighted by atomic mass is 32.2. The molecule has 1 atom stereocenters. The van der Waals surface area contributed by atoms with Gasteiger partial charge in [-0.3, -0.25) is 0 Å². The minimum atomic E-state index is -1.30. The van der Waals surface area contributed by atoms with Crippen molar-refractivity contribution < 1.29 is 14.5 Å². The molecule has 15 heavy (non-hydrogen) atoms. The van der Waals surface area contributed by atoms with E-state index in [4.69, 9.17) is 5.11 Å². The van der Waals surface area contributed by atoms with E-state index in [1.54, 1.807) is 11.4 Å². The maximum atomic E-state index is 11.7. The van der Waals surface area contributed by atoms with E-state index < -0.39 is 22.1 Å². The van der Waals surface area contributed by atoms with Crippen LogP contribution < -0.4 is 4.72 Å². The molecule has 0 fully saturated rings. The lowest BCUT2D eigenvalue weighted by molar-refractivity contribution is 0.0703. The lowest BCUT2D eigenvalue weighted by atomic mass is 10.3. The minimum Gasteiger partial charge on any atom is -0.593 e. The van der Waals surface area contributed by atoms with Crippen LogP contribution in [0.3, 0.4) is 0 Å². The molecule has 1 heterocycles. The number of thiophene rings is 1. The van der Waals surface area contributed by atoms with Crippen molar-refractivity contribution in [1.29, 1.82) is 0 Å². The lowest BCUT2D eigenvalue weighted by Crippen LogP contribution is -2.33. The van der Waals surface area contributed by atoms with E-state index in [1.807, 2.05) is 20.8 Å². The van der Waals surface area contributed by atoms with E-state index in [-0.39, 0.29) is 4.88 Å². The number of aromatic carboxylic acids is 1. The number of hydrogen-bond donors (Lipinski definition) is 2. The Morgan fingerprint density at radius 1 is 1.60 bits per heavy atom. The average molecular weight is 247 g/mol. The van der Waals surface area contributed by atoms with Gasteiger partial charge >= 0.3 is 5.97 Å². The Balaban J connectivity index is 2.81. The monoisotopic (exact) mass is 247 g/mol. The van der Waals surface area contributed by atoms with Crippen LogP contribution >= 0.6 is 11.3 Å². The standard InChI is InChI=1S/C9H13NO3S2/c1-9(2,3)15(13)10-6-4-5-14-7(6)8(11)12/h4-5,10H,1-3H3,(H,11,12). The van der Waals surface area contributed by atoms with Crippen LogP contribution in [0.4, 0.5) is 5.69 Å². The maximum Gasteiger partial charge on any atom is 0.348 e. The molecule has 84 valence electrons. The molecular formula is C9H13NO3S2. The van der Waals surface area contributed by atoms with Gasteiger partial charge in [0.25, 0.3) is 0 Å². The van der Waals surface area contributed by atoms with Gasteiger partial charge in [0, 0.05) is 0 Å². The van der Waals surface area contributed by atoms with Crippen LogP contribution in [0, 0.1) is 0 Å². The Kier molecular flexibility index (Phi) is 3.64. The van der Waals surface area contributed by atoms with Gasteiger partial charge in [-0.1, -0.05) is 0 Å².